The van der Waals surface area contributed by atoms with Crippen LogP contribution in [0.4, 0.5) is 5.69 Å². The number of carbonyl (C=O) groups is 1. The molecule has 0 spiro atoms. The van der Waals surface area contributed by atoms with E-state index in [2.05, 4.69) is 17.2 Å². The second kappa shape index (κ2) is 5.38. The zero-order chi connectivity index (χ0) is 13.1. The molecule has 0 aliphatic heterocycles. The van der Waals surface area contributed by atoms with Crippen LogP contribution in [-0.2, 0) is 0 Å². The molecule has 1 fully saturated rings. The van der Waals surface area contributed by atoms with Crippen molar-refractivity contribution in [1.82, 2.24) is 9.88 Å². The second-order valence-electron chi connectivity index (χ2n) is 5.25. The number of nitrogens with one attached hydrogen (secondary N) is 1. The van der Waals surface area contributed by atoms with Gasteiger partial charge < -0.3 is 10.2 Å². The SMILES string of the molecule is CC(Nc1ccnc(C(=O)N(C)C)c1)C1CCC1. The van der Waals surface area contributed by atoms with Gasteiger partial charge in [-0.25, -0.2) is 0 Å². The van der Waals surface area contributed by atoms with Gasteiger partial charge in [0.2, 0.25) is 0 Å². The lowest BCUT2D eigenvalue weighted by Gasteiger charge is -2.32. The summed E-state index contributed by atoms with van der Waals surface area (Å²) in [6, 6.07) is 4.21. The van der Waals surface area contributed by atoms with Crippen LogP contribution in [-0.4, -0.2) is 35.9 Å². The molecule has 1 aromatic rings. The van der Waals surface area contributed by atoms with E-state index >= 15 is 0 Å². The van der Waals surface area contributed by atoms with Crippen molar-refractivity contribution in [1.29, 1.82) is 0 Å². The van der Waals surface area contributed by atoms with Crippen LogP contribution in [0.5, 0.6) is 0 Å². The number of anilines is 1. The molecule has 1 N–H and O–H groups in total. The fraction of sp³-hybridized carbons (Fsp3) is 0.571. The van der Waals surface area contributed by atoms with E-state index in [4.69, 9.17) is 0 Å². The van der Waals surface area contributed by atoms with Crippen LogP contribution in [0.1, 0.15) is 36.7 Å². The van der Waals surface area contributed by atoms with Crippen molar-refractivity contribution < 1.29 is 4.79 Å². The zero-order valence-electron chi connectivity index (χ0n) is 11.3. The maximum Gasteiger partial charge on any atom is 0.272 e. The standard InChI is InChI=1S/C14H21N3O/c1-10(11-5-4-6-11)16-12-7-8-15-13(9-12)14(18)17(2)3/h7-11H,4-6H2,1-3H3,(H,15,16). The lowest BCUT2D eigenvalue weighted by molar-refractivity contribution is 0.0822. The van der Waals surface area contributed by atoms with Gasteiger partial charge in [-0.1, -0.05) is 6.42 Å². The lowest BCUT2D eigenvalue weighted by atomic mass is 9.80. The van der Waals surface area contributed by atoms with Crippen molar-refractivity contribution in [3.8, 4) is 0 Å². The third-order valence-electron chi connectivity index (χ3n) is 3.64. The van der Waals surface area contributed by atoms with Crippen LogP contribution in [0.25, 0.3) is 0 Å². The number of hydrogen-bond donors (Lipinski definition) is 1. The topological polar surface area (TPSA) is 45.2 Å². The number of amides is 1. The van der Waals surface area contributed by atoms with Crippen molar-refractivity contribution in [2.75, 3.05) is 19.4 Å². The maximum atomic E-state index is 11.8. The summed E-state index contributed by atoms with van der Waals surface area (Å²) in [5.74, 6) is 0.709. The number of aromatic nitrogens is 1. The summed E-state index contributed by atoms with van der Waals surface area (Å²) in [6.07, 6.45) is 5.65. The Bertz CT molecular complexity index is 427. The predicted molar refractivity (Wildman–Crippen MR) is 72.7 cm³/mol. The third kappa shape index (κ3) is 2.81. The van der Waals surface area contributed by atoms with Crippen LogP contribution in [0.15, 0.2) is 18.3 Å². The Morgan fingerprint density at radius 2 is 2.22 bits per heavy atom. The summed E-state index contributed by atoms with van der Waals surface area (Å²) < 4.78 is 0. The Balaban J connectivity index is 2.04. The fourth-order valence-corrected chi connectivity index (χ4v) is 2.19. The van der Waals surface area contributed by atoms with Gasteiger partial charge in [-0.3, -0.25) is 9.78 Å². The lowest BCUT2D eigenvalue weighted by Crippen LogP contribution is -2.31. The highest BCUT2D eigenvalue weighted by molar-refractivity contribution is 5.92. The number of rotatable bonds is 4. The van der Waals surface area contributed by atoms with Crippen LogP contribution in [0.2, 0.25) is 0 Å². The molecule has 0 radical (unpaired) electrons. The molecule has 98 valence electrons. The van der Waals surface area contributed by atoms with Crippen LogP contribution >= 0.6 is 0 Å². The molecule has 0 aromatic carbocycles. The first-order valence-electron chi connectivity index (χ1n) is 6.52. The molecule has 4 heteroatoms. The first-order chi connectivity index (χ1) is 8.58. The summed E-state index contributed by atoms with van der Waals surface area (Å²) in [5, 5.41) is 3.47. The molecule has 1 aromatic heterocycles. The van der Waals surface area contributed by atoms with Crippen molar-refractivity contribution in [2.24, 2.45) is 5.92 Å². The highest BCUT2D eigenvalue weighted by Gasteiger charge is 2.23. The van der Waals surface area contributed by atoms with E-state index in [1.54, 1.807) is 25.2 Å². The summed E-state index contributed by atoms with van der Waals surface area (Å²) in [6.45, 7) is 2.21. The molecular weight excluding hydrogens is 226 g/mol. The fourth-order valence-electron chi connectivity index (χ4n) is 2.19. The number of nitrogens with zero attached hydrogens (tertiary/aromatic N) is 2. The van der Waals surface area contributed by atoms with E-state index in [9.17, 15) is 4.79 Å². The molecule has 1 unspecified atom stereocenters. The monoisotopic (exact) mass is 247 g/mol. The molecule has 1 amide bonds. The van der Waals surface area contributed by atoms with Gasteiger partial charge >= 0.3 is 0 Å². The summed E-state index contributed by atoms with van der Waals surface area (Å²) in [7, 11) is 3.47. The molecule has 0 saturated heterocycles. The van der Waals surface area contributed by atoms with Gasteiger partial charge in [0, 0.05) is 32.0 Å². The van der Waals surface area contributed by atoms with E-state index in [-0.39, 0.29) is 5.91 Å². The minimum absolute atomic E-state index is 0.0602. The van der Waals surface area contributed by atoms with Gasteiger partial charge in [0.15, 0.2) is 0 Å². The molecule has 2 rings (SSSR count). The average Bonchev–Trinajstić information content (AvgIpc) is 2.25. The minimum Gasteiger partial charge on any atom is -0.382 e. The van der Waals surface area contributed by atoms with E-state index < -0.39 is 0 Å². The van der Waals surface area contributed by atoms with Gasteiger partial charge in [0.05, 0.1) is 0 Å². The van der Waals surface area contributed by atoms with Gasteiger partial charge in [-0.2, -0.15) is 0 Å². The second-order valence-corrected chi connectivity index (χ2v) is 5.25. The minimum atomic E-state index is -0.0602. The highest BCUT2D eigenvalue weighted by atomic mass is 16.2. The molecule has 1 atom stereocenters. The van der Waals surface area contributed by atoms with Crippen molar-refractivity contribution in [3.63, 3.8) is 0 Å². The van der Waals surface area contributed by atoms with Crippen LogP contribution < -0.4 is 5.32 Å². The van der Waals surface area contributed by atoms with E-state index in [1.807, 2.05) is 12.1 Å². The zero-order valence-corrected chi connectivity index (χ0v) is 11.3. The predicted octanol–water partition coefficient (Wildman–Crippen LogP) is 2.38. The summed E-state index contributed by atoms with van der Waals surface area (Å²) in [5.41, 5.74) is 1.47. The molecular formula is C14H21N3O. The Hall–Kier alpha value is -1.58. The normalized spacial score (nSPS) is 16.8. The number of carbonyl (C=O) groups excluding carboxylic acids is 1. The first kappa shape index (κ1) is 12.9. The van der Waals surface area contributed by atoms with Crippen molar-refractivity contribution in [2.45, 2.75) is 32.2 Å². The molecule has 18 heavy (non-hydrogen) atoms. The maximum absolute atomic E-state index is 11.8. The van der Waals surface area contributed by atoms with Crippen LogP contribution in [0.3, 0.4) is 0 Å². The first-order valence-corrected chi connectivity index (χ1v) is 6.52. The van der Waals surface area contributed by atoms with Gasteiger partial charge in [-0.05, 0) is 37.8 Å². The Morgan fingerprint density at radius 1 is 1.50 bits per heavy atom. The molecule has 4 nitrogen and oxygen atoms in total. The molecule has 1 saturated carbocycles. The molecule has 1 aliphatic carbocycles. The molecule has 1 heterocycles. The molecule has 1 aliphatic rings. The average molecular weight is 247 g/mol. The largest absolute Gasteiger partial charge is 0.382 e. The van der Waals surface area contributed by atoms with E-state index in [1.165, 1.54) is 19.3 Å². The van der Waals surface area contributed by atoms with Gasteiger partial charge in [-0.15, -0.1) is 0 Å². The summed E-state index contributed by atoms with van der Waals surface area (Å²) in [4.78, 5) is 17.5. The number of hydrogen-bond acceptors (Lipinski definition) is 3. The van der Waals surface area contributed by atoms with E-state index in [0.717, 1.165) is 11.6 Å². The Kier molecular flexibility index (Phi) is 3.84. The van der Waals surface area contributed by atoms with Crippen LogP contribution in [0, 0.1) is 5.92 Å². The quantitative estimate of drug-likeness (QED) is 0.888. The Labute approximate surface area is 108 Å². The van der Waals surface area contributed by atoms with Gasteiger partial charge in [0.25, 0.3) is 5.91 Å². The summed E-state index contributed by atoms with van der Waals surface area (Å²) >= 11 is 0. The smallest absolute Gasteiger partial charge is 0.272 e. The van der Waals surface area contributed by atoms with Gasteiger partial charge in [0.1, 0.15) is 5.69 Å². The Morgan fingerprint density at radius 3 is 2.78 bits per heavy atom. The molecule has 0 bridgehead atoms. The van der Waals surface area contributed by atoms with E-state index in [0.29, 0.717) is 11.7 Å². The third-order valence-corrected chi connectivity index (χ3v) is 3.64. The highest BCUT2D eigenvalue weighted by Crippen LogP contribution is 2.30. The van der Waals surface area contributed by atoms with Crippen molar-refractivity contribution >= 4 is 11.6 Å². The van der Waals surface area contributed by atoms with Crippen molar-refractivity contribution in [3.05, 3.63) is 24.0 Å². The number of pyridine rings is 1.